The van der Waals surface area contributed by atoms with Gasteiger partial charge >= 0.3 is 0 Å². The first-order valence-corrected chi connectivity index (χ1v) is 7.14. The fraction of sp³-hybridized carbons (Fsp3) is 0.625. The number of piperazine rings is 1. The van der Waals surface area contributed by atoms with E-state index in [1.165, 1.54) is 0 Å². The monoisotopic (exact) mass is 334 g/mol. The van der Waals surface area contributed by atoms with Gasteiger partial charge in [0.2, 0.25) is 0 Å². The number of benzene rings is 1. The summed E-state index contributed by atoms with van der Waals surface area (Å²) in [5, 5.41) is 13.7. The van der Waals surface area contributed by atoms with Crippen molar-refractivity contribution in [2.45, 2.75) is 33.7 Å². The number of nitrogens with one attached hydrogen (secondary N) is 1. The first-order valence-electron chi connectivity index (χ1n) is 7.14. The summed E-state index contributed by atoms with van der Waals surface area (Å²) in [6.45, 7) is 12.9. The fourth-order valence-corrected chi connectivity index (χ4v) is 3.04. The molecule has 0 amide bonds. The van der Waals surface area contributed by atoms with Crippen molar-refractivity contribution in [1.82, 2.24) is 10.2 Å². The van der Waals surface area contributed by atoms with E-state index in [1.54, 1.807) is 0 Å². The van der Waals surface area contributed by atoms with Crippen molar-refractivity contribution < 1.29 is 5.11 Å². The van der Waals surface area contributed by atoms with E-state index >= 15 is 0 Å². The summed E-state index contributed by atoms with van der Waals surface area (Å²) in [5.74, 6) is 0.429. The molecule has 1 aromatic rings. The Morgan fingerprint density at radius 2 is 1.71 bits per heavy atom. The average molecular weight is 335 g/mol. The normalized spacial score (nSPS) is 17.5. The molecule has 2 N–H and O–H groups in total. The topological polar surface area (TPSA) is 35.5 Å². The summed E-state index contributed by atoms with van der Waals surface area (Å²) in [6.07, 6.45) is 0. The molecule has 0 unspecified atom stereocenters. The van der Waals surface area contributed by atoms with E-state index in [0.29, 0.717) is 5.75 Å². The van der Waals surface area contributed by atoms with Crippen molar-refractivity contribution >= 4 is 24.8 Å². The highest BCUT2D eigenvalue weighted by Crippen LogP contribution is 2.41. The predicted octanol–water partition coefficient (Wildman–Crippen LogP) is 3.54. The lowest BCUT2D eigenvalue weighted by molar-refractivity contribution is 0.0842. The molecule has 21 heavy (non-hydrogen) atoms. The van der Waals surface area contributed by atoms with Crippen LogP contribution in [0, 0.1) is 12.3 Å². The summed E-state index contributed by atoms with van der Waals surface area (Å²) in [5.41, 5.74) is 2.26. The van der Waals surface area contributed by atoms with Crippen LogP contribution >= 0.6 is 24.8 Å². The van der Waals surface area contributed by atoms with Gasteiger partial charge in [0.25, 0.3) is 0 Å². The van der Waals surface area contributed by atoms with Crippen LogP contribution in [0.1, 0.15) is 37.9 Å². The maximum absolute atomic E-state index is 10.3. The lowest BCUT2D eigenvalue weighted by Gasteiger charge is -2.42. The Morgan fingerprint density at radius 3 is 2.19 bits per heavy atom. The first kappa shape index (κ1) is 20.5. The number of nitrogens with zero attached hydrogens (tertiary/aromatic N) is 1. The molecular formula is C16H28Cl2N2O. The van der Waals surface area contributed by atoms with Gasteiger partial charge in [-0.15, -0.1) is 24.8 Å². The van der Waals surface area contributed by atoms with Gasteiger partial charge in [-0.3, -0.25) is 4.90 Å². The van der Waals surface area contributed by atoms with E-state index in [1.807, 2.05) is 13.0 Å². The summed E-state index contributed by atoms with van der Waals surface area (Å²) in [7, 11) is 0. The van der Waals surface area contributed by atoms with E-state index in [-0.39, 0.29) is 36.3 Å². The molecular weight excluding hydrogens is 307 g/mol. The Kier molecular flexibility index (Phi) is 8.04. The highest BCUT2D eigenvalue weighted by molar-refractivity contribution is 5.85. The number of halogens is 2. The second-order valence-electron chi connectivity index (χ2n) is 6.62. The number of hydrogen-bond donors (Lipinski definition) is 2. The number of aromatic hydroxyl groups is 1. The minimum atomic E-state index is 0. The molecule has 1 aliphatic rings. The Bertz CT molecular complexity index is 440. The summed E-state index contributed by atoms with van der Waals surface area (Å²) >= 11 is 0. The molecule has 0 aliphatic carbocycles. The van der Waals surface area contributed by atoms with Gasteiger partial charge in [-0.05, 0) is 24.0 Å². The second-order valence-corrected chi connectivity index (χ2v) is 6.62. The Balaban J connectivity index is 0.00000200. The van der Waals surface area contributed by atoms with Crippen molar-refractivity contribution in [3.8, 4) is 5.75 Å². The molecule has 0 aromatic heterocycles. The van der Waals surface area contributed by atoms with Gasteiger partial charge in [-0.1, -0.05) is 32.9 Å². The number of rotatable bonds is 2. The average Bonchev–Trinajstić information content (AvgIpc) is 2.32. The zero-order valence-electron chi connectivity index (χ0n) is 13.3. The zero-order chi connectivity index (χ0) is 14.0. The quantitative estimate of drug-likeness (QED) is 0.868. The van der Waals surface area contributed by atoms with Crippen LogP contribution in [0.5, 0.6) is 5.75 Å². The summed E-state index contributed by atoms with van der Waals surface area (Å²) in [4.78, 5) is 2.49. The van der Waals surface area contributed by atoms with Crippen molar-refractivity contribution in [2.75, 3.05) is 26.2 Å². The molecule has 122 valence electrons. The SMILES string of the molecule is Cc1ccc([C@@H](N2CCNCC2)C(C)(C)C)c(O)c1.Cl.Cl. The summed E-state index contributed by atoms with van der Waals surface area (Å²) in [6, 6.07) is 6.31. The van der Waals surface area contributed by atoms with Crippen LogP contribution in [0.4, 0.5) is 0 Å². The molecule has 1 saturated heterocycles. The van der Waals surface area contributed by atoms with Gasteiger partial charge in [0.05, 0.1) is 0 Å². The van der Waals surface area contributed by atoms with Crippen LogP contribution < -0.4 is 5.32 Å². The molecule has 0 radical (unpaired) electrons. The Morgan fingerprint density at radius 1 is 1.14 bits per heavy atom. The van der Waals surface area contributed by atoms with Crippen molar-refractivity contribution in [2.24, 2.45) is 5.41 Å². The zero-order valence-corrected chi connectivity index (χ0v) is 15.0. The molecule has 0 bridgehead atoms. The van der Waals surface area contributed by atoms with Crippen LogP contribution in [-0.4, -0.2) is 36.2 Å². The Hall–Kier alpha value is -0.480. The van der Waals surface area contributed by atoms with E-state index in [2.05, 4.69) is 43.1 Å². The number of phenolic OH excluding ortho intramolecular Hbond substituents is 1. The third kappa shape index (κ3) is 5.03. The molecule has 0 saturated carbocycles. The number of phenols is 1. The van der Waals surface area contributed by atoms with Gasteiger partial charge in [0.1, 0.15) is 5.75 Å². The van der Waals surface area contributed by atoms with E-state index in [0.717, 1.165) is 37.3 Å². The van der Waals surface area contributed by atoms with Gasteiger partial charge < -0.3 is 10.4 Å². The highest BCUT2D eigenvalue weighted by Gasteiger charge is 2.34. The van der Waals surface area contributed by atoms with Gasteiger partial charge in [-0.25, -0.2) is 0 Å². The molecule has 0 spiro atoms. The fourth-order valence-electron chi connectivity index (χ4n) is 3.04. The number of hydrogen-bond acceptors (Lipinski definition) is 3. The third-order valence-corrected chi connectivity index (χ3v) is 3.82. The second kappa shape index (κ2) is 8.23. The molecule has 2 rings (SSSR count). The van der Waals surface area contributed by atoms with Crippen LogP contribution in [0.25, 0.3) is 0 Å². The smallest absolute Gasteiger partial charge is 0.120 e. The maximum atomic E-state index is 10.3. The molecule has 1 heterocycles. The van der Waals surface area contributed by atoms with E-state index in [9.17, 15) is 5.11 Å². The van der Waals surface area contributed by atoms with E-state index in [4.69, 9.17) is 0 Å². The lowest BCUT2D eigenvalue weighted by atomic mass is 9.80. The third-order valence-electron chi connectivity index (χ3n) is 3.82. The predicted molar refractivity (Wildman–Crippen MR) is 94.0 cm³/mol. The molecule has 1 fully saturated rings. The molecule has 1 atom stereocenters. The minimum Gasteiger partial charge on any atom is -0.508 e. The van der Waals surface area contributed by atoms with Crippen molar-refractivity contribution in [1.29, 1.82) is 0 Å². The van der Waals surface area contributed by atoms with Gasteiger partial charge in [-0.2, -0.15) is 0 Å². The minimum absolute atomic E-state index is 0. The van der Waals surface area contributed by atoms with Crippen molar-refractivity contribution in [3.63, 3.8) is 0 Å². The Labute approximate surface area is 140 Å². The number of aryl methyl sites for hydroxylation is 1. The van der Waals surface area contributed by atoms with Crippen LogP contribution in [0.2, 0.25) is 0 Å². The van der Waals surface area contributed by atoms with E-state index < -0.39 is 0 Å². The first-order chi connectivity index (χ1) is 8.89. The highest BCUT2D eigenvalue weighted by atomic mass is 35.5. The van der Waals surface area contributed by atoms with Crippen molar-refractivity contribution in [3.05, 3.63) is 29.3 Å². The molecule has 3 nitrogen and oxygen atoms in total. The molecule has 5 heteroatoms. The molecule has 1 aliphatic heterocycles. The maximum Gasteiger partial charge on any atom is 0.120 e. The van der Waals surface area contributed by atoms with Crippen LogP contribution in [-0.2, 0) is 0 Å². The largest absolute Gasteiger partial charge is 0.508 e. The standard InChI is InChI=1S/C16H26N2O.2ClH/c1-12-5-6-13(14(19)11-12)15(16(2,3)4)18-9-7-17-8-10-18;;/h5-6,11,15,17,19H,7-10H2,1-4H3;2*1H/t15-;;/m1../s1. The van der Waals surface area contributed by atoms with Gasteiger partial charge in [0.15, 0.2) is 0 Å². The van der Waals surface area contributed by atoms with Gasteiger partial charge in [0, 0.05) is 37.8 Å². The lowest BCUT2D eigenvalue weighted by Crippen LogP contribution is -2.48. The molecule has 1 aromatic carbocycles. The van der Waals surface area contributed by atoms with Crippen LogP contribution in [0.15, 0.2) is 18.2 Å². The van der Waals surface area contributed by atoms with Crippen LogP contribution in [0.3, 0.4) is 0 Å². The summed E-state index contributed by atoms with van der Waals surface area (Å²) < 4.78 is 0.